The van der Waals surface area contributed by atoms with Gasteiger partial charge in [-0.2, -0.15) is 0 Å². The molecule has 1 aromatic heterocycles. The molecule has 1 atom stereocenters. The highest BCUT2D eigenvalue weighted by atomic mass is 16.2. The van der Waals surface area contributed by atoms with Gasteiger partial charge in [-0.05, 0) is 31.4 Å². The van der Waals surface area contributed by atoms with Gasteiger partial charge in [0.05, 0.1) is 6.54 Å². The normalized spacial score (nSPS) is 17.5. The fourth-order valence-corrected chi connectivity index (χ4v) is 3.63. The first-order valence-corrected chi connectivity index (χ1v) is 8.97. The quantitative estimate of drug-likeness (QED) is 0.765. The van der Waals surface area contributed by atoms with Crippen molar-refractivity contribution in [3.8, 4) is 0 Å². The number of hydrogen-bond donors (Lipinski definition) is 2. The zero-order valence-electron chi connectivity index (χ0n) is 14.9. The summed E-state index contributed by atoms with van der Waals surface area (Å²) >= 11 is 0. The monoisotopic (exact) mass is 356 g/mol. The van der Waals surface area contributed by atoms with Crippen LogP contribution in [0.2, 0.25) is 0 Å². The van der Waals surface area contributed by atoms with E-state index in [9.17, 15) is 14.4 Å². The number of Topliss-reactive ketones (excluding diaryl/α,β-unsaturated/α-hetero) is 1. The Morgan fingerprint density at radius 1 is 1.27 bits per heavy atom. The minimum absolute atomic E-state index is 0.0407. The second-order valence-corrected chi connectivity index (χ2v) is 6.63. The molecule has 0 aliphatic carbocycles. The van der Waals surface area contributed by atoms with Crippen molar-refractivity contribution in [3.63, 3.8) is 0 Å². The van der Waals surface area contributed by atoms with Crippen LogP contribution in [0.5, 0.6) is 0 Å². The first-order valence-electron chi connectivity index (χ1n) is 8.97. The number of nitrogen functional groups attached to an aromatic ring is 1. The molecule has 1 aliphatic heterocycles. The largest absolute Gasteiger partial charge is 0.384 e. The number of nitrogens with two attached hydrogens (primary N) is 1. The highest BCUT2D eigenvalue weighted by Gasteiger charge is 2.29. The molecular formula is C19H24N4O3. The average Bonchev–Trinajstić information content (AvgIpc) is 3.07. The Balaban J connectivity index is 1.87. The summed E-state index contributed by atoms with van der Waals surface area (Å²) in [7, 11) is 0. The van der Waals surface area contributed by atoms with Crippen LogP contribution >= 0.6 is 0 Å². The molecule has 3 N–H and O–H groups in total. The van der Waals surface area contributed by atoms with Crippen LogP contribution in [0, 0.1) is 0 Å². The number of ketones is 1. The molecule has 2 aromatic rings. The molecule has 0 spiro atoms. The van der Waals surface area contributed by atoms with E-state index >= 15 is 0 Å². The molecule has 1 aliphatic rings. The molecule has 0 amide bonds. The topological polar surface area (TPSA) is 101 Å². The maximum atomic E-state index is 12.8. The molecule has 0 bridgehead atoms. The van der Waals surface area contributed by atoms with E-state index < -0.39 is 11.2 Å². The maximum absolute atomic E-state index is 12.8. The minimum Gasteiger partial charge on any atom is -0.384 e. The molecule has 2 heterocycles. The second kappa shape index (κ2) is 7.70. The van der Waals surface area contributed by atoms with Crippen molar-refractivity contribution < 1.29 is 4.79 Å². The third kappa shape index (κ3) is 3.48. The Hall–Kier alpha value is -2.67. The summed E-state index contributed by atoms with van der Waals surface area (Å²) in [6.07, 6.45) is 2.64. The summed E-state index contributed by atoms with van der Waals surface area (Å²) in [5.74, 6) is -0.391. The van der Waals surface area contributed by atoms with Crippen molar-refractivity contribution in [2.24, 2.45) is 0 Å². The smallest absolute Gasteiger partial charge is 0.329 e. The number of benzene rings is 1. The summed E-state index contributed by atoms with van der Waals surface area (Å²) in [5, 5.41) is 0. The van der Waals surface area contributed by atoms with E-state index in [4.69, 9.17) is 5.73 Å². The minimum atomic E-state index is -0.708. The lowest BCUT2D eigenvalue weighted by atomic mass is 10.0. The number of nitrogens with one attached hydrogen (secondary N) is 1. The van der Waals surface area contributed by atoms with Gasteiger partial charge in [-0.15, -0.1) is 0 Å². The summed E-state index contributed by atoms with van der Waals surface area (Å²) in [4.78, 5) is 41.2. The van der Waals surface area contributed by atoms with Gasteiger partial charge in [-0.25, -0.2) is 4.79 Å². The van der Waals surface area contributed by atoms with Crippen LogP contribution in [0.4, 0.5) is 5.82 Å². The molecule has 7 nitrogen and oxygen atoms in total. The van der Waals surface area contributed by atoms with E-state index in [1.54, 1.807) is 0 Å². The second-order valence-electron chi connectivity index (χ2n) is 6.63. The van der Waals surface area contributed by atoms with Crippen LogP contribution in [0.3, 0.4) is 0 Å². The predicted octanol–water partition coefficient (Wildman–Crippen LogP) is 1.55. The molecule has 0 unspecified atom stereocenters. The number of hydrogen-bond acceptors (Lipinski definition) is 5. The van der Waals surface area contributed by atoms with Gasteiger partial charge in [-0.1, -0.05) is 37.3 Å². The molecule has 0 radical (unpaired) electrons. The Morgan fingerprint density at radius 2 is 2.00 bits per heavy atom. The number of rotatable bonds is 6. The van der Waals surface area contributed by atoms with E-state index in [0.717, 1.165) is 24.9 Å². The Morgan fingerprint density at radius 3 is 2.69 bits per heavy atom. The third-order valence-electron chi connectivity index (χ3n) is 4.86. The Bertz CT molecular complexity index is 901. The zero-order chi connectivity index (χ0) is 18.7. The SMILES string of the molecule is CCCn1c(N)c(C(=O)CN2CCC[C@@H]2c2ccccc2)c(=O)[nH]c1=O. The maximum Gasteiger partial charge on any atom is 0.329 e. The van der Waals surface area contributed by atoms with Gasteiger partial charge < -0.3 is 5.73 Å². The Labute approximate surface area is 151 Å². The lowest BCUT2D eigenvalue weighted by Gasteiger charge is -2.24. The summed E-state index contributed by atoms with van der Waals surface area (Å²) in [5.41, 5.74) is 5.76. The van der Waals surface area contributed by atoms with Gasteiger partial charge in [0.1, 0.15) is 11.4 Å². The average molecular weight is 356 g/mol. The number of H-pyrrole nitrogens is 1. The highest BCUT2D eigenvalue weighted by molar-refractivity contribution is 6.01. The number of likely N-dealkylation sites (tertiary alicyclic amines) is 1. The van der Waals surface area contributed by atoms with E-state index in [0.29, 0.717) is 13.0 Å². The molecule has 7 heteroatoms. The summed E-state index contributed by atoms with van der Waals surface area (Å²) < 4.78 is 1.26. The number of nitrogens with zero attached hydrogens (tertiary/aromatic N) is 2. The van der Waals surface area contributed by atoms with Crippen molar-refractivity contribution in [1.82, 2.24) is 14.5 Å². The standard InChI is InChI=1S/C19H24N4O3/c1-2-10-23-17(20)16(18(25)21-19(23)26)15(24)12-22-11-6-9-14(22)13-7-4-3-5-8-13/h3-5,7-8,14H,2,6,9-12,20H2,1H3,(H,21,25,26)/t14-/m1/s1. The van der Waals surface area contributed by atoms with Gasteiger partial charge in [0.15, 0.2) is 5.78 Å². The number of anilines is 1. The Kier molecular flexibility index (Phi) is 5.37. The van der Waals surface area contributed by atoms with E-state index in [2.05, 4.69) is 22.0 Å². The van der Waals surface area contributed by atoms with Crippen LogP contribution in [0.1, 0.15) is 48.1 Å². The first kappa shape index (κ1) is 18.1. The molecule has 138 valence electrons. The summed E-state index contributed by atoms with van der Waals surface area (Å²) in [6, 6.07) is 10.2. The number of aromatic nitrogens is 2. The van der Waals surface area contributed by atoms with Crippen LogP contribution < -0.4 is 17.0 Å². The zero-order valence-corrected chi connectivity index (χ0v) is 14.9. The highest BCUT2D eigenvalue weighted by Crippen LogP contribution is 2.31. The van der Waals surface area contributed by atoms with Gasteiger partial charge in [0.2, 0.25) is 0 Å². The number of aromatic amines is 1. The lowest BCUT2D eigenvalue weighted by molar-refractivity contribution is 0.0920. The number of carbonyl (C=O) groups is 1. The molecular weight excluding hydrogens is 332 g/mol. The van der Waals surface area contributed by atoms with Crippen molar-refractivity contribution in [3.05, 3.63) is 62.3 Å². The van der Waals surface area contributed by atoms with Crippen molar-refractivity contribution >= 4 is 11.6 Å². The number of carbonyl (C=O) groups excluding carboxylic acids is 1. The molecule has 0 saturated carbocycles. The van der Waals surface area contributed by atoms with Gasteiger partial charge in [-0.3, -0.25) is 24.0 Å². The van der Waals surface area contributed by atoms with Crippen LogP contribution in [0.25, 0.3) is 0 Å². The van der Waals surface area contributed by atoms with Crippen LogP contribution in [-0.4, -0.2) is 33.3 Å². The molecule has 1 saturated heterocycles. The van der Waals surface area contributed by atoms with E-state index in [-0.39, 0.29) is 29.8 Å². The van der Waals surface area contributed by atoms with Crippen molar-refractivity contribution in [2.45, 2.75) is 38.8 Å². The molecule has 3 rings (SSSR count). The third-order valence-corrected chi connectivity index (χ3v) is 4.86. The van der Waals surface area contributed by atoms with E-state index in [1.807, 2.05) is 25.1 Å². The molecule has 1 aromatic carbocycles. The van der Waals surface area contributed by atoms with Crippen molar-refractivity contribution in [2.75, 3.05) is 18.8 Å². The summed E-state index contributed by atoms with van der Waals surface area (Å²) in [6.45, 7) is 3.15. The fourth-order valence-electron chi connectivity index (χ4n) is 3.63. The molecule has 1 fully saturated rings. The van der Waals surface area contributed by atoms with E-state index in [1.165, 1.54) is 4.57 Å². The van der Waals surface area contributed by atoms with Gasteiger partial charge in [0, 0.05) is 12.6 Å². The predicted molar refractivity (Wildman–Crippen MR) is 100 cm³/mol. The first-order chi connectivity index (χ1) is 12.5. The van der Waals surface area contributed by atoms with Crippen LogP contribution in [-0.2, 0) is 6.54 Å². The van der Waals surface area contributed by atoms with Gasteiger partial charge >= 0.3 is 5.69 Å². The molecule has 26 heavy (non-hydrogen) atoms. The van der Waals surface area contributed by atoms with Crippen LogP contribution in [0.15, 0.2) is 39.9 Å². The fraction of sp³-hybridized carbons (Fsp3) is 0.421. The lowest BCUT2D eigenvalue weighted by Crippen LogP contribution is -2.39. The van der Waals surface area contributed by atoms with Crippen molar-refractivity contribution in [1.29, 1.82) is 0 Å². The van der Waals surface area contributed by atoms with Gasteiger partial charge in [0.25, 0.3) is 5.56 Å².